The fourth-order valence-electron chi connectivity index (χ4n) is 7.90. The predicted octanol–water partition coefficient (Wildman–Crippen LogP) is 17.3. The second-order valence-electron chi connectivity index (χ2n) is 17.8. The molecule has 1 aliphatic rings. The van der Waals surface area contributed by atoms with Gasteiger partial charge in [0, 0.05) is 6.42 Å². The normalized spacial score (nSPS) is 15.4. The molecule has 324 valence electrons. The zero-order chi connectivity index (χ0) is 41.7. The molecule has 0 bridgehead atoms. The van der Waals surface area contributed by atoms with Crippen molar-refractivity contribution < 1.29 is 19.8 Å². The van der Waals surface area contributed by atoms with Crippen LogP contribution in [-0.2, 0) is 9.59 Å². The third kappa shape index (κ3) is 32.7. The molecule has 0 fully saturated rings. The van der Waals surface area contributed by atoms with E-state index in [0.717, 1.165) is 37.7 Å². The highest BCUT2D eigenvalue weighted by Crippen LogP contribution is 2.40. The summed E-state index contributed by atoms with van der Waals surface area (Å²) in [5.74, 6) is -1.58. The van der Waals surface area contributed by atoms with Crippen molar-refractivity contribution in [3.63, 3.8) is 0 Å². The summed E-state index contributed by atoms with van der Waals surface area (Å²) in [6.45, 7) is 15.7. The topological polar surface area (TPSA) is 74.6 Å². The van der Waals surface area contributed by atoms with E-state index in [2.05, 4.69) is 84.9 Å². The summed E-state index contributed by atoms with van der Waals surface area (Å²) in [5.41, 5.74) is 5.64. The van der Waals surface area contributed by atoms with Crippen LogP contribution in [0.4, 0.5) is 0 Å². The molecule has 1 aliphatic carbocycles. The van der Waals surface area contributed by atoms with Gasteiger partial charge in [0.2, 0.25) is 0 Å². The number of hydrogen-bond donors (Lipinski definition) is 2. The lowest BCUT2D eigenvalue weighted by Gasteiger charge is -2.32. The molecular weight excluding hydrogens is 689 g/mol. The molecule has 0 saturated heterocycles. The first-order valence-corrected chi connectivity index (χ1v) is 23.8. The van der Waals surface area contributed by atoms with E-state index in [-0.39, 0.29) is 11.3 Å². The van der Waals surface area contributed by atoms with E-state index in [9.17, 15) is 14.7 Å². The van der Waals surface area contributed by atoms with Crippen molar-refractivity contribution in [3.05, 3.63) is 58.7 Å². The second-order valence-corrected chi connectivity index (χ2v) is 17.8. The van der Waals surface area contributed by atoms with Crippen LogP contribution in [0.2, 0.25) is 0 Å². The number of hydrogen-bond acceptors (Lipinski definition) is 2. The summed E-state index contributed by atoms with van der Waals surface area (Å²) in [6, 6.07) is 0. The minimum atomic E-state index is -0.655. The molecule has 0 spiro atoms. The summed E-state index contributed by atoms with van der Waals surface area (Å²) in [7, 11) is 0. The van der Waals surface area contributed by atoms with Gasteiger partial charge in [-0.2, -0.15) is 0 Å². The molecule has 1 atom stereocenters. The zero-order valence-corrected chi connectivity index (χ0v) is 38.2. The van der Waals surface area contributed by atoms with Crippen LogP contribution in [-0.4, -0.2) is 22.2 Å². The van der Waals surface area contributed by atoms with Crippen LogP contribution in [0.15, 0.2) is 58.7 Å². The van der Waals surface area contributed by atoms with E-state index in [4.69, 9.17) is 5.11 Å². The van der Waals surface area contributed by atoms with E-state index < -0.39 is 11.9 Å². The summed E-state index contributed by atoms with van der Waals surface area (Å²) in [4.78, 5) is 22.1. The van der Waals surface area contributed by atoms with E-state index in [1.54, 1.807) is 0 Å². The van der Waals surface area contributed by atoms with Crippen LogP contribution in [0.5, 0.6) is 0 Å². The van der Waals surface area contributed by atoms with Gasteiger partial charge < -0.3 is 10.2 Å². The smallest absolute Gasteiger partial charge is 0.306 e. The molecule has 1 rings (SSSR count). The van der Waals surface area contributed by atoms with Crippen LogP contribution in [0.1, 0.15) is 248 Å². The number of carbonyl (C=O) groups is 2. The molecule has 0 aliphatic heterocycles. The van der Waals surface area contributed by atoms with E-state index in [1.807, 2.05) is 0 Å². The first kappa shape index (κ1) is 53.6. The maximum absolute atomic E-state index is 11.8. The summed E-state index contributed by atoms with van der Waals surface area (Å²) >= 11 is 0. The number of unbranched alkanes of at least 4 members (excludes halogenated alkanes) is 23. The lowest BCUT2D eigenvalue weighted by molar-refractivity contribution is -0.142. The lowest BCUT2D eigenvalue weighted by Crippen LogP contribution is -2.19. The minimum absolute atomic E-state index is 0.266. The fraction of sp³-hybridized carbons (Fsp3) is 0.769. The molecule has 0 aromatic heterocycles. The van der Waals surface area contributed by atoms with Crippen molar-refractivity contribution in [2.75, 3.05) is 0 Å². The Hall–Kier alpha value is -2.36. The highest BCUT2D eigenvalue weighted by Gasteiger charge is 2.26. The number of carboxylic acid groups (broad SMARTS) is 2. The molecule has 0 amide bonds. The molecule has 4 heteroatoms. The monoisotopic (exact) mass is 781 g/mol. The van der Waals surface area contributed by atoms with Gasteiger partial charge in [-0.05, 0) is 70.3 Å². The van der Waals surface area contributed by atoms with Crippen molar-refractivity contribution in [1.82, 2.24) is 0 Å². The Morgan fingerprint density at radius 3 is 1.52 bits per heavy atom. The molecule has 1 unspecified atom stereocenters. The van der Waals surface area contributed by atoms with E-state index >= 15 is 0 Å². The molecule has 4 nitrogen and oxygen atoms in total. The first-order chi connectivity index (χ1) is 26.9. The average molecular weight is 781 g/mol. The van der Waals surface area contributed by atoms with Gasteiger partial charge in [-0.25, -0.2) is 0 Å². The van der Waals surface area contributed by atoms with Crippen LogP contribution in [0.3, 0.4) is 0 Å². The Bertz CT molecular complexity index is 1130. The lowest BCUT2D eigenvalue weighted by atomic mass is 9.72. The maximum Gasteiger partial charge on any atom is 0.306 e. The Kier molecular flexibility index (Phi) is 35.4. The number of aliphatic carboxylic acids is 2. The van der Waals surface area contributed by atoms with Gasteiger partial charge in [-0.1, -0.05) is 235 Å². The van der Waals surface area contributed by atoms with Gasteiger partial charge in [0.1, 0.15) is 0 Å². The first-order valence-electron chi connectivity index (χ1n) is 23.8. The molecule has 0 aromatic rings. The van der Waals surface area contributed by atoms with Crippen molar-refractivity contribution in [3.8, 4) is 0 Å². The standard InChI is InChI=1S/C36H60O2.C16H32O2/c1-7-8-9-10-11-12-13-14-15-16-17-18-24-33(35(37)38)27-25-30(2)21-19-22-31(3)26-28-34-32(4)23-20-29-36(34,5)6;1-2-3-4-5-6-7-8-9-10-11-12-13-14-15-16(17)18/h19,21-22,25-26,28,33H,7-18,20,23-24,27,29H2,1-6H3,(H,37,38);2-15H2,1H3,(H,17,18). The number of allylic oxidation sites excluding steroid dienone is 10. The van der Waals surface area contributed by atoms with Crippen LogP contribution in [0, 0.1) is 11.3 Å². The summed E-state index contributed by atoms with van der Waals surface area (Å²) in [5, 5.41) is 18.2. The third-order valence-corrected chi connectivity index (χ3v) is 11.7. The van der Waals surface area contributed by atoms with Crippen molar-refractivity contribution in [1.29, 1.82) is 0 Å². The van der Waals surface area contributed by atoms with Crippen molar-refractivity contribution in [2.24, 2.45) is 11.3 Å². The van der Waals surface area contributed by atoms with Gasteiger partial charge >= 0.3 is 11.9 Å². The van der Waals surface area contributed by atoms with Gasteiger partial charge in [0.25, 0.3) is 0 Å². The number of rotatable bonds is 34. The van der Waals surface area contributed by atoms with Gasteiger partial charge in [-0.15, -0.1) is 0 Å². The zero-order valence-electron chi connectivity index (χ0n) is 38.2. The number of carboxylic acids is 2. The Labute approximate surface area is 348 Å². The Morgan fingerprint density at radius 2 is 1.09 bits per heavy atom. The largest absolute Gasteiger partial charge is 0.481 e. The molecular formula is C52H92O4. The summed E-state index contributed by atoms with van der Waals surface area (Å²) in [6.07, 6.45) is 51.1. The average Bonchev–Trinajstić information content (AvgIpc) is 3.14. The summed E-state index contributed by atoms with van der Waals surface area (Å²) < 4.78 is 0. The van der Waals surface area contributed by atoms with Gasteiger partial charge in [0.15, 0.2) is 0 Å². The molecule has 0 aromatic carbocycles. The van der Waals surface area contributed by atoms with Crippen molar-refractivity contribution in [2.45, 2.75) is 248 Å². The van der Waals surface area contributed by atoms with Crippen LogP contribution >= 0.6 is 0 Å². The molecule has 2 N–H and O–H groups in total. The second kappa shape index (κ2) is 36.9. The quantitative estimate of drug-likeness (QED) is 0.0504. The SMILES string of the molecule is CCCCCCCCCCCCCCC(CC=C(C)C=CC=C(C)C=CC1=C(C)CCCC1(C)C)C(=O)O.CCCCCCCCCCCCCCCC(=O)O. The van der Waals surface area contributed by atoms with Crippen LogP contribution < -0.4 is 0 Å². The predicted molar refractivity (Wildman–Crippen MR) is 246 cm³/mol. The van der Waals surface area contributed by atoms with Crippen LogP contribution in [0.25, 0.3) is 0 Å². The maximum atomic E-state index is 11.8. The Balaban J connectivity index is 0.00000141. The van der Waals surface area contributed by atoms with Crippen molar-refractivity contribution >= 4 is 11.9 Å². The van der Waals surface area contributed by atoms with Gasteiger partial charge in [-0.3, -0.25) is 9.59 Å². The molecule has 56 heavy (non-hydrogen) atoms. The van der Waals surface area contributed by atoms with Gasteiger partial charge in [0.05, 0.1) is 5.92 Å². The third-order valence-electron chi connectivity index (χ3n) is 11.7. The highest BCUT2D eigenvalue weighted by atomic mass is 16.4. The Morgan fingerprint density at radius 1 is 0.643 bits per heavy atom. The molecule has 0 heterocycles. The fourth-order valence-corrected chi connectivity index (χ4v) is 7.90. The highest BCUT2D eigenvalue weighted by molar-refractivity contribution is 5.70. The molecule has 0 saturated carbocycles. The molecule has 0 radical (unpaired) electrons. The van der Waals surface area contributed by atoms with E-state index in [0.29, 0.717) is 12.8 Å². The van der Waals surface area contributed by atoms with E-state index in [1.165, 1.54) is 171 Å². The minimum Gasteiger partial charge on any atom is -0.481 e.